The van der Waals surface area contributed by atoms with E-state index in [1.807, 2.05) is 32.0 Å². The number of piperidine rings is 1. The molecule has 0 aliphatic carbocycles. The highest BCUT2D eigenvalue weighted by molar-refractivity contribution is 6.31. The topological polar surface area (TPSA) is 49.4 Å². The molecule has 1 atom stereocenters. The summed E-state index contributed by atoms with van der Waals surface area (Å²) < 4.78 is 0. The van der Waals surface area contributed by atoms with Gasteiger partial charge in [0.15, 0.2) is 5.78 Å². The molecule has 0 aromatic heterocycles. The molecule has 0 spiro atoms. The third kappa shape index (κ3) is 4.25. The molecule has 4 nitrogen and oxygen atoms in total. The highest BCUT2D eigenvalue weighted by atomic mass is 35.5. The number of carbonyl (C=O) groups is 2. The van der Waals surface area contributed by atoms with Crippen molar-refractivity contribution in [3.05, 3.63) is 64.2 Å². The first kappa shape index (κ1) is 18.5. The maximum absolute atomic E-state index is 12.8. The van der Waals surface area contributed by atoms with Crippen molar-refractivity contribution >= 4 is 29.1 Å². The summed E-state index contributed by atoms with van der Waals surface area (Å²) in [4.78, 5) is 27.2. The smallest absolute Gasteiger partial charge is 0.321 e. The van der Waals surface area contributed by atoms with Crippen molar-refractivity contribution in [2.45, 2.75) is 26.7 Å². The minimum atomic E-state index is -0.188. The molecular formula is C21H23ClN2O2. The largest absolute Gasteiger partial charge is 0.324 e. The molecule has 1 aliphatic heterocycles. The van der Waals surface area contributed by atoms with Crippen molar-refractivity contribution in [1.82, 2.24) is 4.90 Å². The van der Waals surface area contributed by atoms with Crippen LogP contribution in [0.3, 0.4) is 0 Å². The van der Waals surface area contributed by atoms with Crippen molar-refractivity contribution in [2.75, 3.05) is 18.4 Å². The molecule has 2 aromatic rings. The normalized spacial score (nSPS) is 17.0. The van der Waals surface area contributed by atoms with E-state index in [0.717, 1.165) is 29.7 Å². The van der Waals surface area contributed by atoms with Crippen LogP contribution in [-0.4, -0.2) is 29.8 Å². The predicted octanol–water partition coefficient (Wildman–Crippen LogP) is 5.08. The summed E-state index contributed by atoms with van der Waals surface area (Å²) in [5.41, 5.74) is 3.55. The standard InChI is InChI=1S/C21H23ClN2O2/c1-14-8-9-15(2)19(11-14)23-21(26)24-10-4-6-17(13-24)20(25)16-5-3-7-18(22)12-16/h3,5,7-9,11-12,17H,4,6,10,13H2,1-2H3,(H,23,26)/t17-/m0/s1. The number of carbonyl (C=O) groups excluding carboxylic acids is 2. The van der Waals surface area contributed by atoms with Gasteiger partial charge in [-0.15, -0.1) is 0 Å². The lowest BCUT2D eigenvalue weighted by Gasteiger charge is -2.32. The van der Waals surface area contributed by atoms with Gasteiger partial charge in [0.1, 0.15) is 0 Å². The number of likely N-dealkylation sites (tertiary alicyclic amines) is 1. The SMILES string of the molecule is Cc1ccc(C)c(NC(=O)N2CCC[C@H](C(=O)c3cccc(Cl)c3)C2)c1. The predicted molar refractivity (Wildman–Crippen MR) is 105 cm³/mol. The molecule has 5 heteroatoms. The zero-order valence-corrected chi connectivity index (χ0v) is 15.8. The Labute approximate surface area is 159 Å². The van der Waals surface area contributed by atoms with Crippen molar-refractivity contribution < 1.29 is 9.59 Å². The van der Waals surface area contributed by atoms with Crippen LogP contribution in [-0.2, 0) is 0 Å². The fourth-order valence-corrected chi connectivity index (χ4v) is 3.51. The zero-order valence-electron chi connectivity index (χ0n) is 15.1. The highest BCUT2D eigenvalue weighted by Gasteiger charge is 2.29. The van der Waals surface area contributed by atoms with Gasteiger partial charge in [0.05, 0.1) is 0 Å². The molecular weight excluding hydrogens is 348 g/mol. The van der Waals surface area contributed by atoms with Gasteiger partial charge in [-0.3, -0.25) is 4.79 Å². The Morgan fingerprint density at radius 2 is 1.96 bits per heavy atom. The second kappa shape index (κ2) is 7.92. The first-order valence-corrected chi connectivity index (χ1v) is 9.25. The highest BCUT2D eigenvalue weighted by Crippen LogP contribution is 2.24. The number of rotatable bonds is 3. The number of benzene rings is 2. The van der Waals surface area contributed by atoms with Crippen LogP contribution in [0.5, 0.6) is 0 Å². The maximum atomic E-state index is 12.8. The van der Waals surface area contributed by atoms with Gasteiger partial charge in [-0.05, 0) is 56.0 Å². The number of ketones is 1. The van der Waals surface area contributed by atoms with Gasteiger partial charge in [0.25, 0.3) is 0 Å². The van der Waals surface area contributed by atoms with Gasteiger partial charge in [-0.25, -0.2) is 4.79 Å². The minimum Gasteiger partial charge on any atom is -0.324 e. The Balaban J connectivity index is 1.68. The van der Waals surface area contributed by atoms with Crippen LogP contribution >= 0.6 is 11.6 Å². The van der Waals surface area contributed by atoms with E-state index in [4.69, 9.17) is 11.6 Å². The average Bonchev–Trinajstić information content (AvgIpc) is 2.64. The lowest BCUT2D eigenvalue weighted by Crippen LogP contribution is -2.44. The van der Waals surface area contributed by atoms with Crippen molar-refractivity contribution in [2.24, 2.45) is 5.92 Å². The third-order valence-electron chi connectivity index (χ3n) is 4.82. The summed E-state index contributed by atoms with van der Waals surface area (Å²) >= 11 is 6.00. The van der Waals surface area contributed by atoms with Crippen molar-refractivity contribution in [1.29, 1.82) is 0 Å². The first-order valence-electron chi connectivity index (χ1n) is 8.87. The number of amides is 2. The summed E-state index contributed by atoms with van der Waals surface area (Å²) in [5, 5.41) is 3.54. The van der Waals surface area contributed by atoms with Crippen molar-refractivity contribution in [3.8, 4) is 0 Å². The lowest BCUT2D eigenvalue weighted by molar-refractivity contribution is 0.0851. The summed E-state index contributed by atoms with van der Waals surface area (Å²) in [6.45, 7) is 5.06. The van der Waals surface area contributed by atoms with Gasteiger partial charge in [0.2, 0.25) is 0 Å². The summed E-state index contributed by atoms with van der Waals surface area (Å²) in [6.07, 6.45) is 1.61. The Morgan fingerprint density at radius 1 is 1.15 bits per heavy atom. The van der Waals surface area contributed by atoms with Crippen LogP contribution in [0.25, 0.3) is 0 Å². The molecule has 1 fully saturated rings. The summed E-state index contributed by atoms with van der Waals surface area (Å²) in [5.74, 6) is -0.136. The fourth-order valence-electron chi connectivity index (χ4n) is 3.32. The van der Waals surface area contributed by atoms with Crippen LogP contribution in [0.2, 0.25) is 5.02 Å². The average molecular weight is 371 g/mol. The number of hydrogen-bond acceptors (Lipinski definition) is 2. The van der Waals surface area contributed by atoms with E-state index in [1.165, 1.54) is 0 Å². The number of aryl methyl sites for hydroxylation is 2. The molecule has 0 unspecified atom stereocenters. The van der Waals surface area contributed by atoms with E-state index >= 15 is 0 Å². The van der Waals surface area contributed by atoms with E-state index in [2.05, 4.69) is 5.32 Å². The van der Waals surface area contributed by atoms with E-state index in [-0.39, 0.29) is 17.7 Å². The second-order valence-electron chi connectivity index (χ2n) is 6.91. The van der Waals surface area contributed by atoms with Gasteiger partial charge < -0.3 is 10.2 Å². The van der Waals surface area contributed by atoms with Crippen LogP contribution in [0.1, 0.15) is 34.3 Å². The molecule has 1 aliphatic rings. The molecule has 3 rings (SSSR count). The molecule has 1 saturated heterocycles. The van der Waals surface area contributed by atoms with Gasteiger partial charge in [-0.2, -0.15) is 0 Å². The second-order valence-corrected chi connectivity index (χ2v) is 7.34. The number of nitrogens with one attached hydrogen (secondary N) is 1. The molecule has 2 amide bonds. The maximum Gasteiger partial charge on any atom is 0.321 e. The number of anilines is 1. The zero-order chi connectivity index (χ0) is 18.7. The molecule has 26 heavy (non-hydrogen) atoms. The fraction of sp³-hybridized carbons (Fsp3) is 0.333. The quantitative estimate of drug-likeness (QED) is 0.765. The molecule has 0 bridgehead atoms. The van der Waals surface area contributed by atoms with Gasteiger partial charge >= 0.3 is 6.03 Å². The van der Waals surface area contributed by atoms with Gasteiger partial charge in [0, 0.05) is 35.3 Å². The molecule has 0 radical (unpaired) electrons. The van der Waals surface area contributed by atoms with Crippen LogP contribution in [0, 0.1) is 19.8 Å². The summed E-state index contributed by atoms with van der Waals surface area (Å²) in [6, 6.07) is 12.8. The monoisotopic (exact) mass is 370 g/mol. The molecule has 136 valence electrons. The first-order chi connectivity index (χ1) is 12.4. The lowest BCUT2D eigenvalue weighted by atomic mass is 9.90. The number of urea groups is 1. The minimum absolute atomic E-state index is 0.0525. The Hall–Kier alpha value is -2.33. The number of hydrogen-bond donors (Lipinski definition) is 1. The third-order valence-corrected chi connectivity index (χ3v) is 5.06. The van der Waals surface area contributed by atoms with Crippen molar-refractivity contribution in [3.63, 3.8) is 0 Å². The number of Topliss-reactive ketones (excluding diaryl/α,β-unsaturated/α-hetero) is 1. The van der Waals surface area contributed by atoms with Crippen LogP contribution < -0.4 is 5.32 Å². The van der Waals surface area contributed by atoms with E-state index in [1.54, 1.807) is 29.2 Å². The van der Waals surface area contributed by atoms with Crippen LogP contribution in [0.4, 0.5) is 10.5 Å². The van der Waals surface area contributed by atoms with Crippen LogP contribution in [0.15, 0.2) is 42.5 Å². The van der Waals surface area contributed by atoms with Gasteiger partial charge in [-0.1, -0.05) is 35.9 Å². The number of halogens is 1. The Bertz CT molecular complexity index is 835. The Kier molecular flexibility index (Phi) is 5.62. The van der Waals surface area contributed by atoms with E-state index < -0.39 is 0 Å². The molecule has 2 aromatic carbocycles. The Morgan fingerprint density at radius 3 is 2.73 bits per heavy atom. The molecule has 0 saturated carbocycles. The van der Waals surface area contributed by atoms with E-state index in [9.17, 15) is 9.59 Å². The summed E-state index contributed by atoms with van der Waals surface area (Å²) in [7, 11) is 0. The van der Waals surface area contributed by atoms with E-state index in [0.29, 0.717) is 23.7 Å². The molecule has 1 heterocycles. The molecule has 1 N–H and O–H groups in total. The number of nitrogens with zero attached hydrogens (tertiary/aromatic N) is 1.